The Labute approximate surface area is 200 Å². The molecule has 1 aromatic heterocycles. The van der Waals surface area contributed by atoms with Gasteiger partial charge in [0.25, 0.3) is 5.91 Å². The van der Waals surface area contributed by atoms with E-state index in [9.17, 15) is 22.7 Å². The van der Waals surface area contributed by atoms with Crippen LogP contribution in [-0.2, 0) is 24.4 Å². The standard InChI is InChI=1S/C21H25FN4O6S2/c22-18-12-23-21(33-18)25-20(28)19(26-32-15-6-5-14(27)10-15)13-3-7-17(8-4-13)34(29,30)24-11-16-2-1-9-31-16/h3-4,7-8,12,14-16,24,27H,1-2,5-6,9-11H2,(H,23,25,28)/t14-,15-,16-/m1/s1. The maximum absolute atomic E-state index is 13.3. The van der Waals surface area contributed by atoms with Crippen LogP contribution in [-0.4, -0.2) is 61.6 Å². The lowest BCUT2D eigenvalue weighted by Gasteiger charge is -2.13. The van der Waals surface area contributed by atoms with E-state index in [1.54, 1.807) is 0 Å². The predicted molar refractivity (Wildman–Crippen MR) is 123 cm³/mol. The Bertz CT molecular complexity index is 1130. The lowest BCUT2D eigenvalue weighted by Crippen LogP contribution is -2.31. The molecule has 2 aliphatic rings. The normalized spacial score (nSPS) is 23.2. The van der Waals surface area contributed by atoms with Gasteiger partial charge >= 0.3 is 0 Å². The highest BCUT2D eigenvalue weighted by atomic mass is 32.2. The number of amides is 1. The second-order valence-corrected chi connectivity index (χ2v) is 10.8. The van der Waals surface area contributed by atoms with E-state index in [2.05, 4.69) is 20.2 Å². The number of aliphatic hydroxyl groups is 1. The first kappa shape index (κ1) is 24.7. The Hall–Kier alpha value is -2.45. The van der Waals surface area contributed by atoms with Gasteiger partial charge in [-0.2, -0.15) is 4.39 Å². The SMILES string of the molecule is O=C(Nc1ncc(F)s1)C(=NO[C@@H]1CC[C@@H](O)C1)c1ccc(S(=O)(=O)NC[C@H]2CCCO2)cc1. The fourth-order valence-corrected chi connectivity index (χ4v) is 5.32. The van der Waals surface area contributed by atoms with Crippen LogP contribution < -0.4 is 10.0 Å². The molecule has 4 rings (SSSR count). The molecule has 13 heteroatoms. The molecule has 1 saturated carbocycles. The van der Waals surface area contributed by atoms with Crippen LogP contribution in [0.1, 0.15) is 37.7 Å². The van der Waals surface area contributed by atoms with Crippen molar-refractivity contribution in [1.29, 1.82) is 0 Å². The lowest BCUT2D eigenvalue weighted by molar-refractivity contribution is -0.110. The minimum absolute atomic E-state index is 0.0239. The predicted octanol–water partition coefficient (Wildman–Crippen LogP) is 2.01. The smallest absolute Gasteiger partial charge is 0.280 e. The summed E-state index contributed by atoms with van der Waals surface area (Å²) in [6.07, 6.45) is 3.27. The van der Waals surface area contributed by atoms with Gasteiger partial charge in [0.1, 0.15) is 6.10 Å². The monoisotopic (exact) mass is 512 g/mol. The first-order valence-corrected chi connectivity index (χ1v) is 13.2. The second-order valence-electron chi connectivity index (χ2n) is 8.07. The molecular weight excluding hydrogens is 487 g/mol. The van der Waals surface area contributed by atoms with Gasteiger partial charge in [0, 0.05) is 25.1 Å². The molecular formula is C21H25FN4O6S2. The van der Waals surface area contributed by atoms with Gasteiger partial charge in [-0.05, 0) is 37.8 Å². The van der Waals surface area contributed by atoms with Crippen molar-refractivity contribution < 1.29 is 32.3 Å². The zero-order valence-corrected chi connectivity index (χ0v) is 19.8. The molecule has 2 aromatic rings. The first-order valence-electron chi connectivity index (χ1n) is 10.9. The zero-order chi connectivity index (χ0) is 24.1. The number of nitrogens with one attached hydrogen (secondary N) is 2. The number of carbonyl (C=O) groups is 1. The fourth-order valence-electron chi connectivity index (χ4n) is 3.72. The van der Waals surface area contributed by atoms with Gasteiger partial charge in [0.15, 0.2) is 16.0 Å². The minimum Gasteiger partial charge on any atom is -0.393 e. The van der Waals surface area contributed by atoms with Crippen molar-refractivity contribution in [3.8, 4) is 0 Å². The van der Waals surface area contributed by atoms with Crippen LogP contribution in [0.25, 0.3) is 0 Å². The van der Waals surface area contributed by atoms with Crippen LogP contribution >= 0.6 is 11.3 Å². The number of anilines is 1. The van der Waals surface area contributed by atoms with Crippen molar-refractivity contribution in [1.82, 2.24) is 9.71 Å². The maximum Gasteiger partial charge on any atom is 0.280 e. The molecule has 2 heterocycles. The Morgan fingerprint density at radius 1 is 1.29 bits per heavy atom. The summed E-state index contributed by atoms with van der Waals surface area (Å²) < 4.78 is 46.5. The highest BCUT2D eigenvalue weighted by molar-refractivity contribution is 7.89. The summed E-state index contributed by atoms with van der Waals surface area (Å²) in [5, 5.41) is 15.6. The van der Waals surface area contributed by atoms with Gasteiger partial charge in [-0.25, -0.2) is 18.1 Å². The Balaban J connectivity index is 1.50. The number of oxime groups is 1. The van der Waals surface area contributed by atoms with Crippen molar-refractivity contribution in [3.63, 3.8) is 0 Å². The van der Waals surface area contributed by atoms with E-state index in [4.69, 9.17) is 9.57 Å². The quantitative estimate of drug-likeness (QED) is 0.345. The molecule has 10 nitrogen and oxygen atoms in total. The van der Waals surface area contributed by atoms with Crippen molar-refractivity contribution in [2.45, 2.75) is 55.3 Å². The molecule has 0 spiro atoms. The highest BCUT2D eigenvalue weighted by Gasteiger charge is 2.26. The van der Waals surface area contributed by atoms with Gasteiger partial charge in [-0.15, -0.1) is 0 Å². The molecule has 1 saturated heterocycles. The van der Waals surface area contributed by atoms with Gasteiger partial charge < -0.3 is 14.7 Å². The summed E-state index contributed by atoms with van der Waals surface area (Å²) in [4.78, 5) is 22.1. The third kappa shape index (κ3) is 6.36. The van der Waals surface area contributed by atoms with Crippen molar-refractivity contribution >= 4 is 38.1 Å². The summed E-state index contributed by atoms with van der Waals surface area (Å²) in [5.74, 6) is -0.694. The minimum atomic E-state index is -3.77. The van der Waals surface area contributed by atoms with E-state index in [-0.39, 0.29) is 34.5 Å². The number of hydrogen-bond donors (Lipinski definition) is 3. The van der Waals surface area contributed by atoms with Gasteiger partial charge in [0.2, 0.25) is 10.0 Å². The van der Waals surface area contributed by atoms with Crippen LogP contribution in [0.2, 0.25) is 0 Å². The number of nitrogens with zero attached hydrogens (tertiary/aromatic N) is 2. The van der Waals surface area contributed by atoms with Gasteiger partial charge in [0.05, 0.1) is 23.3 Å². The van der Waals surface area contributed by atoms with E-state index < -0.39 is 27.2 Å². The average Bonchev–Trinajstić information content (AvgIpc) is 3.56. The molecule has 0 radical (unpaired) electrons. The number of aromatic nitrogens is 1. The van der Waals surface area contributed by atoms with E-state index in [0.717, 1.165) is 19.0 Å². The van der Waals surface area contributed by atoms with Crippen LogP contribution in [0, 0.1) is 5.13 Å². The maximum atomic E-state index is 13.3. The van der Waals surface area contributed by atoms with Crippen LogP contribution in [0.5, 0.6) is 0 Å². The molecule has 1 aliphatic heterocycles. The van der Waals surface area contributed by atoms with Gasteiger partial charge in [-0.1, -0.05) is 28.6 Å². The van der Waals surface area contributed by atoms with E-state index in [1.165, 1.54) is 24.3 Å². The molecule has 0 bridgehead atoms. The van der Waals surface area contributed by atoms with Crippen LogP contribution in [0.15, 0.2) is 40.5 Å². The number of sulfonamides is 1. The summed E-state index contributed by atoms with van der Waals surface area (Å²) in [6.45, 7) is 0.811. The second kappa shape index (κ2) is 10.9. The Morgan fingerprint density at radius 2 is 2.09 bits per heavy atom. The molecule has 3 atom stereocenters. The first-order chi connectivity index (χ1) is 16.3. The largest absolute Gasteiger partial charge is 0.393 e. The topological polar surface area (TPSA) is 139 Å². The number of hydrogen-bond acceptors (Lipinski definition) is 9. The molecule has 184 valence electrons. The van der Waals surface area contributed by atoms with Crippen LogP contribution in [0.3, 0.4) is 0 Å². The number of thiazole rings is 1. The number of aliphatic hydroxyl groups excluding tert-OH is 1. The third-order valence-corrected chi connectivity index (χ3v) is 7.67. The summed E-state index contributed by atoms with van der Waals surface area (Å²) in [7, 11) is -3.77. The molecule has 1 aromatic carbocycles. The number of ether oxygens (including phenoxy) is 1. The summed E-state index contributed by atoms with van der Waals surface area (Å²) in [6, 6.07) is 5.60. The molecule has 1 amide bonds. The number of halogens is 1. The Kier molecular flexibility index (Phi) is 7.88. The molecule has 0 unspecified atom stereocenters. The highest BCUT2D eigenvalue weighted by Crippen LogP contribution is 2.23. The van der Waals surface area contributed by atoms with Crippen molar-refractivity contribution in [3.05, 3.63) is 41.2 Å². The lowest BCUT2D eigenvalue weighted by atomic mass is 10.1. The van der Waals surface area contributed by atoms with Crippen molar-refractivity contribution in [2.24, 2.45) is 5.16 Å². The average molecular weight is 513 g/mol. The number of benzene rings is 1. The van der Waals surface area contributed by atoms with E-state index in [1.807, 2.05) is 0 Å². The van der Waals surface area contributed by atoms with Gasteiger partial charge in [-0.3, -0.25) is 10.1 Å². The molecule has 2 fully saturated rings. The molecule has 3 N–H and O–H groups in total. The van der Waals surface area contributed by atoms with Crippen LogP contribution in [0.4, 0.5) is 9.52 Å². The molecule has 1 aliphatic carbocycles. The van der Waals surface area contributed by atoms with Crippen molar-refractivity contribution in [2.75, 3.05) is 18.5 Å². The Morgan fingerprint density at radius 3 is 2.71 bits per heavy atom. The summed E-state index contributed by atoms with van der Waals surface area (Å²) in [5.41, 5.74) is 0.166. The molecule has 34 heavy (non-hydrogen) atoms. The third-order valence-electron chi connectivity index (χ3n) is 5.53. The number of rotatable bonds is 9. The zero-order valence-electron chi connectivity index (χ0n) is 18.1. The number of carbonyl (C=O) groups excluding carboxylic acids is 1. The van der Waals surface area contributed by atoms with E-state index >= 15 is 0 Å². The fraction of sp³-hybridized carbons (Fsp3) is 0.476. The van der Waals surface area contributed by atoms with E-state index in [0.29, 0.717) is 42.8 Å². The summed E-state index contributed by atoms with van der Waals surface area (Å²) >= 11 is 0.658.